The van der Waals surface area contributed by atoms with Crippen molar-refractivity contribution >= 4 is 4.57 Å². The van der Waals surface area contributed by atoms with Crippen molar-refractivity contribution < 1.29 is 20.6 Å². The standard InChI is InChI=1S/C14H22O.Cr/c1-3-15-11-13-9-6-8-12-7-4-5-10-14(12,13)2;/h9,12H,3-8,10H2,1-2H3;/t12-,14+;/m0./s1. The summed E-state index contributed by atoms with van der Waals surface area (Å²) < 4.78 is 6.74. The van der Waals surface area contributed by atoms with E-state index in [0.717, 1.165) is 17.1 Å². The van der Waals surface area contributed by atoms with E-state index in [-0.39, 0.29) is 0 Å². The number of fused-ring (bicyclic) bond motifs is 1. The first-order valence-electron chi connectivity index (χ1n) is 6.56. The van der Waals surface area contributed by atoms with Crippen molar-refractivity contribution in [1.82, 2.24) is 0 Å². The molecule has 2 rings (SSSR count). The van der Waals surface area contributed by atoms with Crippen molar-refractivity contribution in [3.63, 3.8) is 0 Å². The molecule has 16 heavy (non-hydrogen) atoms. The van der Waals surface area contributed by atoms with E-state index in [9.17, 15) is 0 Å². The molecule has 1 fully saturated rings. The molecule has 0 spiro atoms. The summed E-state index contributed by atoms with van der Waals surface area (Å²) in [5.41, 5.74) is 1.84. The van der Waals surface area contributed by atoms with Gasteiger partial charge in [-0.2, -0.15) is 0 Å². The molecule has 2 atom stereocenters. The van der Waals surface area contributed by atoms with Crippen molar-refractivity contribution in [2.75, 3.05) is 6.61 Å². The molecule has 0 saturated heterocycles. The molecule has 0 radical (unpaired) electrons. The molecular weight excluding hydrogens is 236 g/mol. The van der Waals surface area contributed by atoms with Crippen LogP contribution in [0, 0.1) is 11.3 Å². The van der Waals surface area contributed by atoms with Crippen LogP contribution < -0.4 is 0 Å². The van der Waals surface area contributed by atoms with E-state index >= 15 is 0 Å². The van der Waals surface area contributed by atoms with Gasteiger partial charge in [0.15, 0.2) is 0 Å². The molecule has 2 aliphatic rings. The first-order valence-corrected chi connectivity index (χ1v) is 7.20. The fourth-order valence-corrected chi connectivity index (χ4v) is 4.09. The van der Waals surface area contributed by atoms with Gasteiger partial charge in [0.1, 0.15) is 0 Å². The van der Waals surface area contributed by atoms with Gasteiger partial charge in [-0.3, -0.25) is 0 Å². The zero-order chi connectivity index (χ0) is 11.6. The van der Waals surface area contributed by atoms with Crippen LogP contribution in [0.5, 0.6) is 0 Å². The number of rotatable bonds is 3. The Balaban J connectivity index is 2.22. The summed E-state index contributed by atoms with van der Waals surface area (Å²) in [6.07, 6.45) is 10.6. The second-order valence-electron chi connectivity index (χ2n) is 5.28. The number of ether oxygens (including phenoxy) is 1. The van der Waals surface area contributed by atoms with Gasteiger partial charge in [0.2, 0.25) is 0 Å². The molecule has 0 aromatic rings. The average molecular weight is 258 g/mol. The molecule has 0 N–H and O–H groups in total. The predicted molar refractivity (Wildman–Crippen MR) is 64.0 cm³/mol. The monoisotopic (exact) mass is 258 g/mol. The normalized spacial score (nSPS) is 34.1. The summed E-state index contributed by atoms with van der Waals surface area (Å²) >= 11 is 3.13. The van der Waals surface area contributed by atoms with E-state index in [1.165, 1.54) is 44.1 Å². The van der Waals surface area contributed by atoms with Crippen LogP contribution in [0.15, 0.2) is 11.6 Å². The summed E-state index contributed by atoms with van der Waals surface area (Å²) in [6.45, 7) is 5.26. The molecule has 0 bridgehead atoms. The van der Waals surface area contributed by atoms with E-state index in [2.05, 4.69) is 35.8 Å². The van der Waals surface area contributed by atoms with Crippen LogP contribution in [0.25, 0.3) is 0 Å². The fraction of sp³-hybridized carbons (Fsp3) is 0.786. The maximum absolute atomic E-state index is 5.69. The summed E-state index contributed by atoms with van der Waals surface area (Å²) in [6, 6.07) is 0. The maximum atomic E-state index is 5.69. The Kier molecular flexibility index (Phi) is 4.06. The number of hydrogen-bond donors (Lipinski definition) is 0. The molecule has 90 valence electrons. The van der Waals surface area contributed by atoms with Crippen LogP contribution in [-0.2, 0) is 20.6 Å². The molecule has 2 aliphatic carbocycles. The molecule has 0 aliphatic heterocycles. The van der Waals surface area contributed by atoms with Crippen molar-refractivity contribution in [1.29, 1.82) is 0 Å². The Morgan fingerprint density at radius 1 is 1.50 bits per heavy atom. The van der Waals surface area contributed by atoms with Gasteiger partial charge in [-0.05, 0) is 0 Å². The van der Waals surface area contributed by atoms with Crippen molar-refractivity contribution in [3.05, 3.63) is 11.6 Å². The van der Waals surface area contributed by atoms with Crippen LogP contribution >= 0.6 is 0 Å². The quantitative estimate of drug-likeness (QED) is 0.751. The van der Waals surface area contributed by atoms with Crippen LogP contribution in [0.2, 0.25) is 0 Å². The first-order chi connectivity index (χ1) is 7.68. The summed E-state index contributed by atoms with van der Waals surface area (Å²) in [5.74, 6) is 0.880. The summed E-state index contributed by atoms with van der Waals surface area (Å²) in [4.78, 5) is 0. The van der Waals surface area contributed by atoms with Crippen LogP contribution in [-0.4, -0.2) is 11.2 Å². The van der Waals surface area contributed by atoms with E-state index in [1.54, 1.807) is 0 Å². The third-order valence-corrected chi connectivity index (χ3v) is 4.90. The molecule has 0 amide bonds. The van der Waals surface area contributed by atoms with E-state index < -0.39 is 0 Å². The van der Waals surface area contributed by atoms with Crippen LogP contribution in [0.4, 0.5) is 0 Å². The van der Waals surface area contributed by atoms with Gasteiger partial charge in [0.05, 0.1) is 0 Å². The van der Waals surface area contributed by atoms with Gasteiger partial charge >= 0.3 is 107 Å². The van der Waals surface area contributed by atoms with Gasteiger partial charge in [0.25, 0.3) is 0 Å². The molecule has 1 nitrogen and oxygen atoms in total. The van der Waals surface area contributed by atoms with Gasteiger partial charge < -0.3 is 0 Å². The van der Waals surface area contributed by atoms with Crippen LogP contribution in [0.3, 0.4) is 0 Å². The molecule has 1 saturated carbocycles. The minimum atomic E-state index is 0.381. The predicted octanol–water partition coefficient (Wildman–Crippen LogP) is 3.62. The molecule has 0 unspecified atom stereocenters. The van der Waals surface area contributed by atoms with Crippen molar-refractivity contribution in [2.45, 2.75) is 52.4 Å². The molecule has 0 heterocycles. The minimum absolute atomic E-state index is 0.381. The Hall–Kier alpha value is 0.102. The average Bonchev–Trinajstić information content (AvgIpc) is 2.27. The fourth-order valence-electron chi connectivity index (χ4n) is 3.41. The van der Waals surface area contributed by atoms with Gasteiger partial charge in [-0.15, -0.1) is 0 Å². The topological polar surface area (TPSA) is 9.23 Å². The van der Waals surface area contributed by atoms with Gasteiger partial charge in [-0.1, -0.05) is 0 Å². The third kappa shape index (κ3) is 2.21. The summed E-state index contributed by atoms with van der Waals surface area (Å²) in [7, 11) is 0. The number of hydrogen-bond acceptors (Lipinski definition) is 1. The zero-order valence-corrected chi connectivity index (χ0v) is 11.7. The summed E-state index contributed by atoms with van der Waals surface area (Å²) in [5, 5.41) is 0. The third-order valence-electron chi connectivity index (χ3n) is 4.37. The molecule has 0 aromatic carbocycles. The Morgan fingerprint density at radius 3 is 3.06 bits per heavy atom. The Bertz CT molecular complexity index is 308. The Labute approximate surface area is 107 Å². The zero-order valence-electron chi connectivity index (χ0n) is 10.4. The first kappa shape index (κ1) is 12.6. The van der Waals surface area contributed by atoms with E-state index in [1.807, 2.05) is 0 Å². The second kappa shape index (κ2) is 5.17. The van der Waals surface area contributed by atoms with Gasteiger partial charge in [0, 0.05) is 0 Å². The van der Waals surface area contributed by atoms with E-state index in [4.69, 9.17) is 4.74 Å². The number of allylic oxidation sites excluding steroid dienone is 1. The molecular formula is C14H22CrO. The van der Waals surface area contributed by atoms with Crippen LogP contribution in [0.1, 0.15) is 52.4 Å². The second-order valence-corrected chi connectivity index (χ2v) is 5.85. The van der Waals surface area contributed by atoms with Crippen molar-refractivity contribution in [3.8, 4) is 0 Å². The molecule has 2 heteroatoms. The van der Waals surface area contributed by atoms with Gasteiger partial charge in [-0.25, -0.2) is 0 Å². The SMILES string of the molecule is CCO[C](=[Cr])C1=CCC[C@@H]2CCCC[C@@]12C. The van der Waals surface area contributed by atoms with E-state index in [0.29, 0.717) is 5.41 Å². The Morgan fingerprint density at radius 2 is 2.31 bits per heavy atom. The van der Waals surface area contributed by atoms with Crippen molar-refractivity contribution in [2.24, 2.45) is 11.3 Å². The molecule has 0 aromatic heterocycles.